The van der Waals surface area contributed by atoms with Crippen LogP contribution in [0.15, 0.2) is 78.9 Å². The molecule has 0 heterocycles. The zero-order valence-corrected chi connectivity index (χ0v) is 23.5. The minimum Gasteiger partial charge on any atom is -0.508 e. The zero-order valence-electron chi connectivity index (χ0n) is 23.5. The van der Waals surface area contributed by atoms with Gasteiger partial charge >= 0.3 is 5.97 Å². The molecule has 5 atom stereocenters. The van der Waals surface area contributed by atoms with Gasteiger partial charge in [-0.15, -0.1) is 0 Å². The summed E-state index contributed by atoms with van der Waals surface area (Å²) >= 11 is 0. The average molecular weight is 593 g/mol. The summed E-state index contributed by atoms with van der Waals surface area (Å²) in [5.74, 6) is -3.59. The number of nitrogens with one attached hydrogen (secondary N) is 3. The number of carboxylic acid groups (broad SMARTS) is 1. The molecule has 3 rings (SSSR count). The largest absolute Gasteiger partial charge is 0.508 e. The number of benzene rings is 3. The maximum atomic E-state index is 13.6. The number of rotatable bonds is 14. The Balaban J connectivity index is 1.85. The minimum absolute atomic E-state index is 0.00444. The molecule has 0 spiro atoms. The summed E-state index contributed by atoms with van der Waals surface area (Å²) in [7, 11) is 0. The first-order valence-electron chi connectivity index (χ1n) is 13.6. The number of carboxylic acids is 1. The summed E-state index contributed by atoms with van der Waals surface area (Å²) in [6.07, 6.45) is -1.31. The van der Waals surface area contributed by atoms with E-state index in [-0.39, 0.29) is 30.8 Å². The predicted molar refractivity (Wildman–Crippen MR) is 157 cm³/mol. The van der Waals surface area contributed by atoms with Gasteiger partial charge in [0.1, 0.15) is 35.7 Å². The fourth-order valence-electron chi connectivity index (χ4n) is 4.24. The Morgan fingerprint density at radius 1 is 0.628 bits per heavy atom. The van der Waals surface area contributed by atoms with Crippen molar-refractivity contribution in [2.75, 3.05) is 0 Å². The molecule has 0 aliphatic heterocycles. The van der Waals surface area contributed by atoms with Crippen molar-refractivity contribution in [3.05, 3.63) is 95.6 Å². The van der Waals surface area contributed by atoms with Crippen molar-refractivity contribution in [1.82, 2.24) is 16.0 Å². The van der Waals surface area contributed by atoms with Crippen molar-refractivity contribution >= 4 is 23.7 Å². The molecule has 0 bridgehead atoms. The Morgan fingerprint density at radius 2 is 1.00 bits per heavy atom. The second-order valence-electron chi connectivity index (χ2n) is 10.2. The van der Waals surface area contributed by atoms with Gasteiger partial charge in [0.25, 0.3) is 0 Å². The number of aliphatic carboxylic acids is 1. The van der Waals surface area contributed by atoms with E-state index in [1.165, 1.54) is 43.3 Å². The van der Waals surface area contributed by atoms with Gasteiger partial charge < -0.3 is 42.1 Å². The lowest BCUT2D eigenvalue weighted by Crippen LogP contribution is -2.59. The average Bonchev–Trinajstić information content (AvgIpc) is 2.98. The molecule has 0 fully saturated rings. The van der Waals surface area contributed by atoms with E-state index in [2.05, 4.69) is 16.0 Å². The van der Waals surface area contributed by atoms with Gasteiger partial charge in [0, 0.05) is 19.3 Å². The van der Waals surface area contributed by atoms with Crippen LogP contribution >= 0.6 is 0 Å². The van der Waals surface area contributed by atoms with Gasteiger partial charge in [0.2, 0.25) is 17.7 Å². The molecule has 0 saturated carbocycles. The van der Waals surface area contributed by atoms with E-state index in [9.17, 15) is 39.6 Å². The van der Waals surface area contributed by atoms with Crippen molar-refractivity contribution in [3.63, 3.8) is 0 Å². The van der Waals surface area contributed by atoms with E-state index in [1.54, 1.807) is 42.5 Å². The molecule has 3 aromatic carbocycles. The van der Waals surface area contributed by atoms with Crippen LogP contribution in [0.25, 0.3) is 0 Å². The molecule has 0 aliphatic carbocycles. The summed E-state index contributed by atoms with van der Waals surface area (Å²) in [6.45, 7) is 1.33. The van der Waals surface area contributed by atoms with Crippen LogP contribution in [-0.2, 0) is 38.4 Å². The number of aliphatic hydroxyl groups excluding tert-OH is 1. The van der Waals surface area contributed by atoms with Crippen molar-refractivity contribution in [2.24, 2.45) is 5.73 Å². The fraction of sp³-hybridized carbons (Fsp3) is 0.290. The van der Waals surface area contributed by atoms with Crippen molar-refractivity contribution in [1.29, 1.82) is 0 Å². The fourth-order valence-corrected chi connectivity index (χ4v) is 4.24. The summed E-state index contributed by atoms with van der Waals surface area (Å²) in [5.41, 5.74) is 7.58. The lowest BCUT2D eigenvalue weighted by Gasteiger charge is -2.26. The number of carbonyl (C=O) groups excluding carboxylic acids is 3. The van der Waals surface area contributed by atoms with Gasteiger partial charge in [-0.2, -0.15) is 0 Å². The first kappa shape index (κ1) is 32.6. The van der Waals surface area contributed by atoms with E-state index >= 15 is 0 Å². The highest BCUT2D eigenvalue weighted by Crippen LogP contribution is 2.14. The number of hydrogen-bond donors (Lipinski definition) is 8. The number of nitrogens with two attached hydrogens (primary N) is 1. The van der Waals surface area contributed by atoms with Crippen LogP contribution < -0.4 is 21.7 Å². The predicted octanol–water partition coefficient (Wildman–Crippen LogP) is 0.373. The highest BCUT2D eigenvalue weighted by atomic mass is 16.4. The number of hydrogen-bond acceptors (Lipinski definition) is 8. The smallest absolute Gasteiger partial charge is 0.326 e. The second-order valence-corrected chi connectivity index (χ2v) is 10.2. The third kappa shape index (κ3) is 10.1. The quantitative estimate of drug-likeness (QED) is 0.130. The molecule has 12 heteroatoms. The Hall–Kier alpha value is -4.94. The first-order valence-corrected chi connectivity index (χ1v) is 13.6. The molecule has 0 aromatic heterocycles. The number of aromatic hydroxyl groups is 2. The summed E-state index contributed by atoms with van der Waals surface area (Å²) in [6, 6.07) is 15.5. The maximum absolute atomic E-state index is 13.6. The standard InChI is InChI=1S/C31H36N4O8/c1-18(36)27(32)30(41)34-25(16-20-7-11-22(37)12-8-20)28(39)33-24(15-19-5-3-2-4-6-19)29(40)35-26(31(42)43)17-21-9-13-23(38)14-10-21/h2-14,18,24-27,36-38H,15-17,32H2,1H3,(H,33,39)(H,34,41)(H,35,40)(H,42,43). The monoisotopic (exact) mass is 592 g/mol. The van der Waals surface area contributed by atoms with Gasteiger partial charge in [0.05, 0.1) is 6.10 Å². The lowest BCUT2D eigenvalue weighted by atomic mass is 10.0. The first-order chi connectivity index (χ1) is 20.4. The van der Waals surface area contributed by atoms with Gasteiger partial charge in [-0.3, -0.25) is 14.4 Å². The van der Waals surface area contributed by atoms with Crippen LogP contribution in [-0.4, -0.2) is 74.4 Å². The number of phenols is 2. The number of aliphatic hydroxyl groups is 1. The van der Waals surface area contributed by atoms with Crippen LogP contribution in [0.2, 0.25) is 0 Å². The maximum Gasteiger partial charge on any atom is 0.326 e. The van der Waals surface area contributed by atoms with Crippen molar-refractivity contribution in [3.8, 4) is 11.5 Å². The van der Waals surface area contributed by atoms with Crippen molar-refractivity contribution < 1.29 is 39.6 Å². The van der Waals surface area contributed by atoms with Crippen LogP contribution in [0.5, 0.6) is 11.5 Å². The molecule has 3 amide bonds. The van der Waals surface area contributed by atoms with Gasteiger partial charge in [0.15, 0.2) is 0 Å². The minimum atomic E-state index is -1.34. The summed E-state index contributed by atoms with van der Waals surface area (Å²) in [5, 5.41) is 46.4. The lowest BCUT2D eigenvalue weighted by molar-refractivity contribution is -0.142. The van der Waals surface area contributed by atoms with Crippen LogP contribution in [0.3, 0.4) is 0 Å². The summed E-state index contributed by atoms with van der Waals surface area (Å²) in [4.78, 5) is 51.8. The molecular weight excluding hydrogens is 556 g/mol. The number of phenolic OH excluding ortho intramolecular Hbond substituents is 2. The molecule has 3 aromatic rings. The normalized spacial score (nSPS) is 14.4. The molecule has 9 N–H and O–H groups in total. The van der Waals surface area contributed by atoms with E-state index in [4.69, 9.17) is 5.73 Å². The molecule has 5 unspecified atom stereocenters. The van der Waals surface area contributed by atoms with Crippen LogP contribution in [0, 0.1) is 0 Å². The molecular formula is C31H36N4O8. The Bertz CT molecular complexity index is 1380. The Morgan fingerprint density at radius 3 is 1.42 bits per heavy atom. The number of amides is 3. The molecule has 12 nitrogen and oxygen atoms in total. The second kappa shape index (κ2) is 15.3. The molecule has 43 heavy (non-hydrogen) atoms. The highest BCUT2D eigenvalue weighted by Gasteiger charge is 2.31. The van der Waals surface area contributed by atoms with E-state index < -0.39 is 54.0 Å². The molecule has 0 radical (unpaired) electrons. The van der Waals surface area contributed by atoms with E-state index in [0.29, 0.717) is 16.7 Å². The van der Waals surface area contributed by atoms with Crippen LogP contribution in [0.4, 0.5) is 0 Å². The third-order valence-corrected chi connectivity index (χ3v) is 6.74. The van der Waals surface area contributed by atoms with Crippen molar-refractivity contribution in [2.45, 2.75) is 56.5 Å². The Kier molecular flexibility index (Phi) is 11.6. The Labute approximate surface area is 248 Å². The molecule has 0 aliphatic rings. The zero-order chi connectivity index (χ0) is 31.5. The van der Waals surface area contributed by atoms with Gasteiger partial charge in [-0.1, -0.05) is 54.6 Å². The SMILES string of the molecule is CC(O)C(N)C(=O)NC(Cc1ccc(O)cc1)C(=O)NC(Cc1ccccc1)C(=O)NC(Cc1ccc(O)cc1)C(=O)O. The topological polar surface area (TPSA) is 211 Å². The van der Waals surface area contributed by atoms with Gasteiger partial charge in [-0.25, -0.2) is 4.79 Å². The third-order valence-electron chi connectivity index (χ3n) is 6.74. The van der Waals surface area contributed by atoms with E-state index in [0.717, 1.165) is 0 Å². The summed E-state index contributed by atoms with van der Waals surface area (Å²) < 4.78 is 0. The molecule has 0 saturated heterocycles. The number of carbonyl (C=O) groups is 4. The highest BCUT2D eigenvalue weighted by molar-refractivity contribution is 5.94. The van der Waals surface area contributed by atoms with Crippen LogP contribution in [0.1, 0.15) is 23.6 Å². The van der Waals surface area contributed by atoms with Gasteiger partial charge in [-0.05, 0) is 47.9 Å². The molecule has 228 valence electrons. The van der Waals surface area contributed by atoms with E-state index in [1.807, 2.05) is 0 Å².